The molecule has 0 amide bonds. The summed E-state index contributed by atoms with van der Waals surface area (Å²) in [6.45, 7) is 2.17. The Morgan fingerprint density at radius 1 is 1.52 bits per heavy atom. The molecule has 1 aromatic carbocycles. The molecule has 0 saturated heterocycles. The summed E-state index contributed by atoms with van der Waals surface area (Å²) in [7, 11) is 1.78. The van der Waals surface area contributed by atoms with E-state index in [1.165, 1.54) is 6.07 Å². The fourth-order valence-corrected chi connectivity index (χ4v) is 1.75. The topological polar surface area (TPSA) is 95.1 Å². The molecule has 0 saturated carbocycles. The third kappa shape index (κ3) is 3.28. The molecule has 112 valence electrons. The van der Waals surface area contributed by atoms with Crippen molar-refractivity contribution in [3.8, 4) is 0 Å². The summed E-state index contributed by atoms with van der Waals surface area (Å²) in [4.78, 5) is 11.7. The molecule has 0 fully saturated rings. The number of ether oxygens (including phenoxy) is 1. The smallest absolute Gasteiger partial charge is 0.340 e. The van der Waals surface area contributed by atoms with Gasteiger partial charge in [-0.1, -0.05) is 0 Å². The summed E-state index contributed by atoms with van der Waals surface area (Å²) in [6, 6.07) is 2.42. The van der Waals surface area contributed by atoms with Gasteiger partial charge in [0, 0.05) is 12.7 Å². The molecule has 2 aromatic rings. The summed E-state index contributed by atoms with van der Waals surface area (Å²) in [5, 5.41) is 10.5. The average Bonchev–Trinajstić information content (AvgIpc) is 2.83. The molecule has 0 spiro atoms. The molecule has 7 nitrogen and oxygen atoms in total. The Morgan fingerprint density at radius 3 is 2.90 bits per heavy atom. The van der Waals surface area contributed by atoms with Crippen LogP contribution in [0.3, 0.4) is 0 Å². The van der Waals surface area contributed by atoms with Gasteiger partial charge in [-0.15, -0.1) is 10.2 Å². The number of nitrogens with two attached hydrogens (primary N) is 1. The number of aromatic nitrogens is 3. The van der Waals surface area contributed by atoms with Crippen LogP contribution in [0.15, 0.2) is 18.5 Å². The summed E-state index contributed by atoms with van der Waals surface area (Å²) in [5.74, 6) is -0.511. The number of hydrogen-bond acceptors (Lipinski definition) is 6. The highest BCUT2D eigenvalue weighted by atomic mass is 19.1. The summed E-state index contributed by atoms with van der Waals surface area (Å²) in [6.07, 6.45) is 1.54. The first-order valence-corrected chi connectivity index (χ1v) is 6.35. The minimum atomic E-state index is -0.586. The Morgan fingerprint density at radius 2 is 2.29 bits per heavy atom. The van der Waals surface area contributed by atoms with E-state index in [0.29, 0.717) is 5.82 Å². The molecular formula is C13H16FN5O2. The first-order valence-electron chi connectivity index (χ1n) is 6.35. The van der Waals surface area contributed by atoms with Crippen LogP contribution in [0, 0.1) is 5.82 Å². The normalized spacial score (nSPS) is 10.4. The van der Waals surface area contributed by atoms with Crippen molar-refractivity contribution in [3.63, 3.8) is 0 Å². The van der Waals surface area contributed by atoms with Crippen LogP contribution in [0.25, 0.3) is 0 Å². The van der Waals surface area contributed by atoms with Crippen LogP contribution in [0.2, 0.25) is 0 Å². The van der Waals surface area contributed by atoms with Gasteiger partial charge in [-0.3, -0.25) is 0 Å². The first kappa shape index (κ1) is 14.8. The van der Waals surface area contributed by atoms with E-state index in [1.807, 2.05) is 0 Å². The van der Waals surface area contributed by atoms with Gasteiger partial charge in [-0.05, 0) is 19.1 Å². The predicted octanol–water partition coefficient (Wildman–Crippen LogP) is 1.33. The number of nitrogens with one attached hydrogen (secondary N) is 1. The second-order valence-corrected chi connectivity index (χ2v) is 4.35. The Kier molecular flexibility index (Phi) is 4.36. The third-order valence-corrected chi connectivity index (χ3v) is 2.88. The van der Waals surface area contributed by atoms with Gasteiger partial charge in [0.15, 0.2) is 5.82 Å². The SMILES string of the molecule is CCOC(=O)c1cc(NCc2nncn2C)c(F)cc1N. The molecular weight excluding hydrogens is 277 g/mol. The van der Waals surface area contributed by atoms with Crippen LogP contribution < -0.4 is 11.1 Å². The van der Waals surface area contributed by atoms with Crippen LogP contribution >= 0.6 is 0 Å². The molecule has 0 atom stereocenters. The number of hydrogen-bond donors (Lipinski definition) is 2. The summed E-state index contributed by atoms with van der Waals surface area (Å²) >= 11 is 0. The van der Waals surface area contributed by atoms with E-state index in [4.69, 9.17) is 10.5 Å². The van der Waals surface area contributed by atoms with Gasteiger partial charge in [0.25, 0.3) is 0 Å². The molecule has 0 aliphatic carbocycles. The highest BCUT2D eigenvalue weighted by Gasteiger charge is 2.15. The van der Waals surface area contributed by atoms with E-state index < -0.39 is 11.8 Å². The number of nitrogens with zero attached hydrogens (tertiary/aromatic N) is 3. The quantitative estimate of drug-likeness (QED) is 0.638. The highest BCUT2D eigenvalue weighted by molar-refractivity contribution is 5.96. The number of carbonyl (C=O) groups is 1. The minimum Gasteiger partial charge on any atom is -0.462 e. The maximum Gasteiger partial charge on any atom is 0.340 e. The molecule has 1 heterocycles. The van der Waals surface area contributed by atoms with Crippen molar-refractivity contribution < 1.29 is 13.9 Å². The molecule has 8 heteroatoms. The number of nitrogen functional groups attached to an aromatic ring is 1. The van der Waals surface area contributed by atoms with E-state index in [0.717, 1.165) is 6.07 Å². The summed E-state index contributed by atoms with van der Waals surface area (Å²) in [5.41, 5.74) is 5.95. The van der Waals surface area contributed by atoms with Crippen molar-refractivity contribution in [1.29, 1.82) is 0 Å². The van der Waals surface area contributed by atoms with Crippen LogP contribution in [-0.2, 0) is 18.3 Å². The monoisotopic (exact) mass is 293 g/mol. The van der Waals surface area contributed by atoms with Crippen molar-refractivity contribution in [2.24, 2.45) is 7.05 Å². The number of halogens is 1. The maximum atomic E-state index is 13.9. The van der Waals surface area contributed by atoms with Gasteiger partial charge in [0.2, 0.25) is 0 Å². The second kappa shape index (κ2) is 6.21. The average molecular weight is 293 g/mol. The van der Waals surface area contributed by atoms with Gasteiger partial charge >= 0.3 is 5.97 Å². The van der Waals surface area contributed by atoms with Crippen molar-refractivity contribution in [1.82, 2.24) is 14.8 Å². The second-order valence-electron chi connectivity index (χ2n) is 4.35. The van der Waals surface area contributed by atoms with Crippen molar-refractivity contribution in [3.05, 3.63) is 35.7 Å². The van der Waals surface area contributed by atoms with Gasteiger partial charge in [0.1, 0.15) is 12.1 Å². The van der Waals surface area contributed by atoms with Gasteiger partial charge in [-0.2, -0.15) is 0 Å². The van der Waals surface area contributed by atoms with Crippen LogP contribution in [0.5, 0.6) is 0 Å². The van der Waals surface area contributed by atoms with Gasteiger partial charge in [0.05, 0.1) is 24.4 Å². The maximum absolute atomic E-state index is 13.9. The standard InChI is InChI=1S/C13H16FN5O2/c1-3-21-13(20)8-4-11(9(14)5-10(8)15)16-6-12-18-17-7-19(12)2/h4-5,7,16H,3,6,15H2,1-2H3. The zero-order valence-corrected chi connectivity index (χ0v) is 11.8. The molecule has 0 unspecified atom stereocenters. The molecule has 21 heavy (non-hydrogen) atoms. The zero-order valence-electron chi connectivity index (χ0n) is 11.8. The number of aryl methyl sites for hydroxylation is 1. The van der Waals surface area contributed by atoms with Gasteiger partial charge < -0.3 is 20.4 Å². The minimum absolute atomic E-state index is 0.0372. The molecule has 0 aliphatic heterocycles. The zero-order chi connectivity index (χ0) is 15.4. The fourth-order valence-electron chi connectivity index (χ4n) is 1.75. The van der Waals surface area contributed by atoms with Crippen molar-refractivity contribution >= 4 is 17.3 Å². The van der Waals surface area contributed by atoms with E-state index in [1.54, 1.807) is 24.9 Å². The van der Waals surface area contributed by atoms with E-state index >= 15 is 0 Å². The summed E-state index contributed by atoms with van der Waals surface area (Å²) < 4.78 is 20.5. The van der Waals surface area contributed by atoms with Gasteiger partial charge in [-0.25, -0.2) is 9.18 Å². The number of carbonyl (C=O) groups excluding carboxylic acids is 1. The number of esters is 1. The molecule has 0 bridgehead atoms. The largest absolute Gasteiger partial charge is 0.462 e. The van der Waals surface area contributed by atoms with E-state index in [-0.39, 0.29) is 30.1 Å². The molecule has 3 N–H and O–H groups in total. The van der Waals surface area contributed by atoms with Crippen LogP contribution in [-0.4, -0.2) is 27.3 Å². The molecule has 0 radical (unpaired) electrons. The number of benzene rings is 1. The van der Waals surface area contributed by atoms with Crippen molar-refractivity contribution in [2.45, 2.75) is 13.5 Å². The van der Waals surface area contributed by atoms with E-state index in [9.17, 15) is 9.18 Å². The highest BCUT2D eigenvalue weighted by Crippen LogP contribution is 2.23. The first-order chi connectivity index (χ1) is 10.0. The lowest BCUT2D eigenvalue weighted by Gasteiger charge is -2.11. The molecule has 0 aliphatic rings. The van der Waals surface area contributed by atoms with Crippen molar-refractivity contribution in [2.75, 3.05) is 17.7 Å². The Balaban J connectivity index is 2.21. The number of anilines is 2. The molecule has 2 rings (SSSR count). The lowest BCUT2D eigenvalue weighted by Crippen LogP contribution is -2.11. The predicted molar refractivity (Wildman–Crippen MR) is 75.1 cm³/mol. The molecule has 1 aromatic heterocycles. The lowest BCUT2D eigenvalue weighted by atomic mass is 10.1. The van der Waals surface area contributed by atoms with Crippen LogP contribution in [0.4, 0.5) is 15.8 Å². The van der Waals surface area contributed by atoms with Crippen LogP contribution in [0.1, 0.15) is 23.1 Å². The lowest BCUT2D eigenvalue weighted by molar-refractivity contribution is 0.0527. The number of rotatable bonds is 5. The Hall–Kier alpha value is -2.64. The fraction of sp³-hybridized carbons (Fsp3) is 0.308. The Labute approximate surface area is 120 Å². The Bertz CT molecular complexity index is 656. The third-order valence-electron chi connectivity index (χ3n) is 2.88. The van der Waals surface area contributed by atoms with E-state index in [2.05, 4.69) is 15.5 Å².